The first-order valence-corrected chi connectivity index (χ1v) is 17.3. The molecule has 0 fully saturated rings. The molecule has 1 atom stereocenters. The average molecular weight is 654 g/mol. The summed E-state index contributed by atoms with van der Waals surface area (Å²) in [5.74, 6) is 1.57. The highest BCUT2D eigenvalue weighted by atomic mass is 16.3. The summed E-state index contributed by atoms with van der Waals surface area (Å²) in [6.07, 6.45) is -0.422. The molecule has 9 aromatic rings. The lowest BCUT2D eigenvalue weighted by atomic mass is 9.92. The zero-order valence-electron chi connectivity index (χ0n) is 27.6. The zero-order chi connectivity index (χ0) is 33.7. The second kappa shape index (κ2) is 12.0. The molecule has 2 heterocycles. The quantitative estimate of drug-likeness (QED) is 0.201. The Morgan fingerprint density at radius 3 is 1.84 bits per heavy atom. The first-order chi connectivity index (χ1) is 25.3. The number of amidine groups is 2. The summed E-state index contributed by atoms with van der Waals surface area (Å²) in [7, 11) is 0. The van der Waals surface area contributed by atoms with Crippen LogP contribution in [0.15, 0.2) is 190 Å². The highest BCUT2D eigenvalue weighted by Gasteiger charge is 2.23. The fourth-order valence-corrected chi connectivity index (χ4v) is 7.47. The summed E-state index contributed by atoms with van der Waals surface area (Å²) in [6, 6.07) is 61.7. The molecular weight excluding hydrogens is 623 g/mol. The lowest BCUT2D eigenvalue weighted by Crippen LogP contribution is -2.36. The van der Waals surface area contributed by atoms with E-state index in [-0.39, 0.29) is 0 Å². The Kier molecular flexibility index (Phi) is 6.85. The molecule has 0 saturated heterocycles. The molecular formula is C47H31N3O. The fourth-order valence-electron chi connectivity index (χ4n) is 7.47. The van der Waals surface area contributed by atoms with Crippen LogP contribution in [0.2, 0.25) is 0 Å². The number of hydrogen-bond donors (Lipinski definition) is 1. The van der Waals surface area contributed by atoms with Crippen molar-refractivity contribution in [1.29, 1.82) is 0 Å². The van der Waals surface area contributed by atoms with Crippen LogP contribution in [-0.4, -0.2) is 11.7 Å². The Morgan fingerprint density at radius 2 is 1.02 bits per heavy atom. The van der Waals surface area contributed by atoms with Gasteiger partial charge >= 0.3 is 0 Å². The number of nitrogens with zero attached hydrogens (tertiary/aromatic N) is 2. The Labute approximate surface area is 295 Å². The van der Waals surface area contributed by atoms with Gasteiger partial charge in [-0.05, 0) is 73.6 Å². The fraction of sp³-hybridized carbons (Fsp3) is 0.0213. The predicted molar refractivity (Wildman–Crippen MR) is 211 cm³/mol. The van der Waals surface area contributed by atoms with Crippen LogP contribution in [0.5, 0.6) is 0 Å². The second-order valence-electron chi connectivity index (χ2n) is 13.0. The van der Waals surface area contributed by atoms with Crippen LogP contribution < -0.4 is 5.32 Å². The zero-order valence-corrected chi connectivity index (χ0v) is 27.6. The highest BCUT2D eigenvalue weighted by Crippen LogP contribution is 2.40. The van der Waals surface area contributed by atoms with Crippen molar-refractivity contribution in [2.45, 2.75) is 6.17 Å². The summed E-state index contributed by atoms with van der Waals surface area (Å²) in [5, 5.41) is 10.6. The molecule has 240 valence electrons. The molecule has 1 aliphatic heterocycles. The molecule has 0 radical (unpaired) electrons. The number of para-hydroxylation sites is 1. The molecule has 1 aliphatic rings. The molecule has 0 aliphatic carbocycles. The van der Waals surface area contributed by atoms with E-state index < -0.39 is 6.17 Å². The first kappa shape index (κ1) is 29.2. The summed E-state index contributed by atoms with van der Waals surface area (Å²) >= 11 is 0. The summed E-state index contributed by atoms with van der Waals surface area (Å²) in [5.41, 5.74) is 9.44. The monoisotopic (exact) mass is 653 g/mol. The van der Waals surface area contributed by atoms with Gasteiger partial charge in [0.2, 0.25) is 0 Å². The third kappa shape index (κ3) is 5.08. The van der Waals surface area contributed by atoms with Gasteiger partial charge in [-0.25, -0.2) is 9.98 Å². The van der Waals surface area contributed by atoms with Gasteiger partial charge in [0, 0.05) is 21.9 Å². The summed E-state index contributed by atoms with van der Waals surface area (Å²) in [4.78, 5) is 10.5. The maximum atomic E-state index is 6.31. The van der Waals surface area contributed by atoms with Crippen molar-refractivity contribution >= 4 is 55.2 Å². The molecule has 0 spiro atoms. The van der Waals surface area contributed by atoms with Gasteiger partial charge in [0.1, 0.15) is 22.8 Å². The number of fused-ring (bicyclic) bond motifs is 5. The van der Waals surface area contributed by atoms with Crippen LogP contribution in [0.1, 0.15) is 22.9 Å². The smallest absolute Gasteiger partial charge is 0.169 e. The highest BCUT2D eigenvalue weighted by molar-refractivity contribution is 6.19. The Balaban J connectivity index is 1.12. The maximum Gasteiger partial charge on any atom is 0.169 e. The van der Waals surface area contributed by atoms with Gasteiger partial charge in [0.25, 0.3) is 0 Å². The van der Waals surface area contributed by atoms with Crippen LogP contribution >= 0.6 is 0 Å². The van der Waals surface area contributed by atoms with Crippen molar-refractivity contribution in [2.75, 3.05) is 0 Å². The SMILES string of the molecule is c1ccc(C2=NC(c3ccc(-c4cccc5ccccc45)cc3)N=C(c3cc(-c4cccc5oc6ccccc6c45)c4ccccc4c3)N2)cc1. The van der Waals surface area contributed by atoms with Gasteiger partial charge in [0.15, 0.2) is 6.17 Å². The number of aliphatic imine (C=N–C) groups is 2. The Bertz CT molecular complexity index is 2820. The topological polar surface area (TPSA) is 49.9 Å². The van der Waals surface area contributed by atoms with E-state index in [4.69, 9.17) is 14.4 Å². The Morgan fingerprint density at radius 1 is 0.412 bits per heavy atom. The van der Waals surface area contributed by atoms with Crippen LogP contribution in [0.4, 0.5) is 0 Å². The first-order valence-electron chi connectivity index (χ1n) is 17.3. The van der Waals surface area contributed by atoms with Gasteiger partial charge in [-0.3, -0.25) is 0 Å². The van der Waals surface area contributed by atoms with E-state index in [9.17, 15) is 0 Å². The minimum absolute atomic E-state index is 0.422. The normalized spacial score (nSPS) is 14.5. The molecule has 0 amide bonds. The van der Waals surface area contributed by atoms with Crippen molar-refractivity contribution in [3.63, 3.8) is 0 Å². The number of hydrogen-bond acceptors (Lipinski definition) is 4. The van der Waals surface area contributed by atoms with E-state index in [1.807, 2.05) is 30.3 Å². The van der Waals surface area contributed by atoms with E-state index >= 15 is 0 Å². The molecule has 1 N–H and O–H groups in total. The molecule has 4 nitrogen and oxygen atoms in total. The average Bonchev–Trinajstić information content (AvgIpc) is 3.60. The summed E-state index contributed by atoms with van der Waals surface area (Å²) in [6.45, 7) is 0. The lowest BCUT2D eigenvalue weighted by molar-refractivity contribution is 0.669. The third-order valence-electron chi connectivity index (χ3n) is 9.92. The van der Waals surface area contributed by atoms with Gasteiger partial charge in [-0.1, -0.05) is 152 Å². The molecule has 1 aromatic heterocycles. The van der Waals surface area contributed by atoms with Crippen molar-refractivity contribution in [3.8, 4) is 22.3 Å². The van der Waals surface area contributed by atoms with Crippen molar-refractivity contribution in [2.24, 2.45) is 9.98 Å². The predicted octanol–water partition coefficient (Wildman–Crippen LogP) is 11.7. The minimum atomic E-state index is -0.422. The van der Waals surface area contributed by atoms with Crippen LogP contribution in [-0.2, 0) is 0 Å². The standard InChI is InChI=1S/C47H31N3O/c1-2-13-32(14-3-1)45-48-46(33-26-24-31(25-27-33)37-20-10-16-30-12-4-6-17-36(30)37)50-47(49-45)35-28-34-15-5-7-18-38(34)41(29-35)39-21-11-23-43-44(39)40-19-8-9-22-42(40)51-43/h1-29,46H,(H,48,49,50). The van der Waals surface area contributed by atoms with E-state index in [0.29, 0.717) is 0 Å². The Hall–Kier alpha value is -6.78. The van der Waals surface area contributed by atoms with Crippen molar-refractivity contribution in [1.82, 2.24) is 5.32 Å². The van der Waals surface area contributed by atoms with Gasteiger partial charge < -0.3 is 9.73 Å². The van der Waals surface area contributed by atoms with Gasteiger partial charge in [0.05, 0.1) is 0 Å². The van der Waals surface area contributed by atoms with Crippen molar-refractivity contribution < 1.29 is 4.42 Å². The van der Waals surface area contributed by atoms with E-state index in [1.165, 1.54) is 27.3 Å². The molecule has 51 heavy (non-hydrogen) atoms. The molecule has 8 aromatic carbocycles. The number of benzene rings is 8. The molecule has 1 unspecified atom stereocenters. The largest absolute Gasteiger partial charge is 0.456 e. The third-order valence-corrected chi connectivity index (χ3v) is 9.92. The van der Waals surface area contributed by atoms with Crippen molar-refractivity contribution in [3.05, 3.63) is 193 Å². The number of nitrogens with one attached hydrogen (secondary N) is 1. The molecule has 10 rings (SSSR count). The van der Waals surface area contributed by atoms with Crippen LogP contribution in [0.3, 0.4) is 0 Å². The van der Waals surface area contributed by atoms with E-state index in [0.717, 1.165) is 66.8 Å². The number of furan rings is 1. The number of rotatable bonds is 5. The molecule has 0 bridgehead atoms. The molecule has 4 heteroatoms. The van der Waals surface area contributed by atoms with Gasteiger partial charge in [-0.2, -0.15) is 0 Å². The van der Waals surface area contributed by atoms with E-state index in [1.54, 1.807) is 0 Å². The van der Waals surface area contributed by atoms with Crippen LogP contribution in [0, 0.1) is 0 Å². The van der Waals surface area contributed by atoms with Crippen LogP contribution in [0.25, 0.3) is 65.7 Å². The second-order valence-corrected chi connectivity index (χ2v) is 13.0. The van der Waals surface area contributed by atoms with E-state index in [2.05, 4.69) is 151 Å². The maximum absolute atomic E-state index is 6.31. The lowest BCUT2D eigenvalue weighted by Gasteiger charge is -2.23. The summed E-state index contributed by atoms with van der Waals surface area (Å²) < 4.78 is 6.31. The minimum Gasteiger partial charge on any atom is -0.456 e. The molecule has 0 saturated carbocycles. The van der Waals surface area contributed by atoms with Gasteiger partial charge in [-0.15, -0.1) is 0 Å².